The highest BCUT2D eigenvalue weighted by Gasteiger charge is 2.18. The van der Waals surface area contributed by atoms with Crippen LogP contribution in [0.1, 0.15) is 35.9 Å². The van der Waals surface area contributed by atoms with Gasteiger partial charge in [0, 0.05) is 15.4 Å². The molecule has 0 N–H and O–H groups in total. The molecule has 2 rings (SSSR count). The van der Waals surface area contributed by atoms with Crippen LogP contribution in [0, 0.1) is 6.92 Å². The Hall–Kier alpha value is -1.29. The van der Waals surface area contributed by atoms with E-state index in [0.29, 0.717) is 18.0 Å². The quantitative estimate of drug-likeness (QED) is 0.618. The molecule has 0 saturated heterocycles. The molecule has 0 atom stereocenters. The zero-order valence-corrected chi connectivity index (χ0v) is 12.0. The zero-order chi connectivity index (χ0) is 13.1. The number of hydrogen-bond donors (Lipinski definition) is 0. The lowest BCUT2D eigenvalue weighted by Crippen LogP contribution is -2.06. The van der Waals surface area contributed by atoms with Gasteiger partial charge >= 0.3 is 5.97 Å². The van der Waals surface area contributed by atoms with Crippen molar-refractivity contribution in [2.45, 2.75) is 26.7 Å². The number of rotatable bonds is 4. The molecule has 0 saturated carbocycles. The van der Waals surface area contributed by atoms with Crippen LogP contribution in [-0.4, -0.2) is 12.6 Å². The lowest BCUT2D eigenvalue weighted by atomic mass is 10.1. The van der Waals surface area contributed by atoms with Gasteiger partial charge in [-0.15, -0.1) is 0 Å². The molecule has 0 amide bonds. The summed E-state index contributed by atoms with van der Waals surface area (Å²) in [5.74, 6) is -0.0764. The highest BCUT2D eigenvalue weighted by Crippen LogP contribution is 2.28. The highest BCUT2D eigenvalue weighted by molar-refractivity contribution is 9.10. The number of carbonyl (C=O) groups is 1. The van der Waals surface area contributed by atoms with Crippen molar-refractivity contribution >= 4 is 32.9 Å². The van der Waals surface area contributed by atoms with Gasteiger partial charge in [0.2, 0.25) is 5.76 Å². The van der Waals surface area contributed by atoms with Gasteiger partial charge in [0.15, 0.2) is 0 Å². The number of carbonyl (C=O) groups excluding carboxylic acids is 1. The van der Waals surface area contributed by atoms with Crippen molar-refractivity contribution in [2.24, 2.45) is 0 Å². The van der Waals surface area contributed by atoms with Gasteiger partial charge < -0.3 is 9.15 Å². The van der Waals surface area contributed by atoms with Gasteiger partial charge in [-0.05, 0) is 31.5 Å². The summed E-state index contributed by atoms with van der Waals surface area (Å²) in [5, 5.41) is 0.937. The molecule has 0 spiro atoms. The van der Waals surface area contributed by atoms with Crippen LogP contribution in [0.3, 0.4) is 0 Å². The summed E-state index contributed by atoms with van der Waals surface area (Å²) in [7, 11) is 0. The van der Waals surface area contributed by atoms with Gasteiger partial charge in [-0.2, -0.15) is 0 Å². The third-order valence-corrected chi connectivity index (χ3v) is 3.31. The topological polar surface area (TPSA) is 39.4 Å². The maximum Gasteiger partial charge on any atom is 0.374 e. The molecule has 0 unspecified atom stereocenters. The number of halogens is 1. The van der Waals surface area contributed by atoms with Crippen molar-refractivity contribution in [2.75, 3.05) is 6.61 Å². The van der Waals surface area contributed by atoms with Crippen LogP contribution in [-0.2, 0) is 4.74 Å². The summed E-state index contributed by atoms with van der Waals surface area (Å²) in [5.41, 5.74) is 1.53. The SMILES string of the molecule is CCCCOC(=O)c1oc2ccc(Br)cc2c1C. The van der Waals surface area contributed by atoms with Crippen LogP contribution in [0.4, 0.5) is 0 Å². The third kappa shape index (κ3) is 2.58. The highest BCUT2D eigenvalue weighted by atomic mass is 79.9. The molecule has 0 aliphatic heterocycles. The average Bonchev–Trinajstić information content (AvgIpc) is 2.67. The van der Waals surface area contributed by atoms with Gasteiger partial charge in [-0.1, -0.05) is 29.3 Å². The summed E-state index contributed by atoms with van der Waals surface area (Å²) in [6, 6.07) is 5.67. The van der Waals surface area contributed by atoms with Gasteiger partial charge in [-0.25, -0.2) is 4.79 Å². The van der Waals surface area contributed by atoms with Crippen LogP contribution in [0.15, 0.2) is 27.1 Å². The second kappa shape index (κ2) is 5.57. The van der Waals surface area contributed by atoms with E-state index in [9.17, 15) is 4.79 Å². The number of furan rings is 1. The van der Waals surface area contributed by atoms with Crippen molar-refractivity contribution in [1.82, 2.24) is 0 Å². The first-order chi connectivity index (χ1) is 8.63. The van der Waals surface area contributed by atoms with Crippen LogP contribution < -0.4 is 0 Å². The van der Waals surface area contributed by atoms with Crippen LogP contribution in [0.2, 0.25) is 0 Å². The van der Waals surface area contributed by atoms with E-state index >= 15 is 0 Å². The Morgan fingerprint density at radius 3 is 2.94 bits per heavy atom. The van der Waals surface area contributed by atoms with Crippen molar-refractivity contribution in [3.05, 3.63) is 34.0 Å². The van der Waals surface area contributed by atoms with Gasteiger partial charge in [-0.3, -0.25) is 0 Å². The lowest BCUT2D eigenvalue weighted by Gasteiger charge is -2.01. The number of benzene rings is 1. The van der Waals surface area contributed by atoms with Gasteiger partial charge in [0.1, 0.15) is 5.58 Å². The minimum atomic E-state index is -0.381. The Morgan fingerprint density at radius 2 is 2.22 bits per heavy atom. The van der Waals surface area contributed by atoms with Crippen molar-refractivity contribution < 1.29 is 13.9 Å². The van der Waals surface area contributed by atoms with Crippen LogP contribution in [0.5, 0.6) is 0 Å². The minimum Gasteiger partial charge on any atom is -0.460 e. The van der Waals surface area contributed by atoms with Crippen molar-refractivity contribution in [3.8, 4) is 0 Å². The molecule has 18 heavy (non-hydrogen) atoms. The monoisotopic (exact) mass is 310 g/mol. The number of aryl methyl sites for hydroxylation is 1. The predicted octanol–water partition coefficient (Wildman–Crippen LogP) is 4.46. The zero-order valence-electron chi connectivity index (χ0n) is 10.5. The molecule has 1 aromatic carbocycles. The molecule has 0 aliphatic carbocycles. The number of esters is 1. The average molecular weight is 311 g/mol. The number of fused-ring (bicyclic) bond motifs is 1. The summed E-state index contributed by atoms with van der Waals surface area (Å²) in [6.45, 7) is 4.36. The van der Waals surface area contributed by atoms with E-state index in [4.69, 9.17) is 9.15 Å². The smallest absolute Gasteiger partial charge is 0.374 e. The number of hydrogen-bond acceptors (Lipinski definition) is 3. The molecular weight excluding hydrogens is 296 g/mol. The van der Waals surface area contributed by atoms with E-state index in [1.807, 2.05) is 25.1 Å². The van der Waals surface area contributed by atoms with Crippen molar-refractivity contribution in [3.63, 3.8) is 0 Å². The van der Waals surface area contributed by atoms with E-state index in [1.165, 1.54) is 0 Å². The van der Waals surface area contributed by atoms with Crippen LogP contribution in [0.25, 0.3) is 11.0 Å². The Bertz CT molecular complexity index is 572. The predicted molar refractivity (Wildman–Crippen MR) is 73.8 cm³/mol. The fourth-order valence-corrected chi connectivity index (χ4v) is 2.12. The summed E-state index contributed by atoms with van der Waals surface area (Å²) in [6.07, 6.45) is 1.87. The second-order valence-electron chi connectivity index (χ2n) is 4.19. The first-order valence-electron chi connectivity index (χ1n) is 5.99. The number of ether oxygens (including phenoxy) is 1. The third-order valence-electron chi connectivity index (χ3n) is 2.81. The molecule has 96 valence electrons. The molecular formula is C14H15BrO3. The first kappa shape index (κ1) is 13.1. The maximum absolute atomic E-state index is 11.9. The lowest BCUT2D eigenvalue weighted by molar-refractivity contribution is 0.0465. The maximum atomic E-state index is 11.9. The summed E-state index contributed by atoms with van der Waals surface area (Å²) in [4.78, 5) is 11.9. The molecule has 0 radical (unpaired) electrons. The fraction of sp³-hybridized carbons (Fsp3) is 0.357. The fourth-order valence-electron chi connectivity index (χ4n) is 1.76. The first-order valence-corrected chi connectivity index (χ1v) is 6.78. The van der Waals surface area contributed by atoms with Crippen LogP contribution >= 0.6 is 15.9 Å². The Morgan fingerprint density at radius 1 is 1.44 bits per heavy atom. The van der Waals surface area contributed by atoms with E-state index in [1.54, 1.807) is 0 Å². The van der Waals surface area contributed by atoms with E-state index in [0.717, 1.165) is 28.3 Å². The second-order valence-corrected chi connectivity index (χ2v) is 5.10. The standard InChI is InChI=1S/C14H15BrO3/c1-3-4-7-17-14(16)13-9(2)11-8-10(15)5-6-12(11)18-13/h5-6,8H,3-4,7H2,1-2H3. The molecule has 1 heterocycles. The number of unbranched alkanes of at least 4 members (excludes halogenated alkanes) is 1. The molecule has 0 aliphatic rings. The molecule has 3 nitrogen and oxygen atoms in total. The van der Waals surface area contributed by atoms with E-state index in [-0.39, 0.29) is 5.97 Å². The molecule has 2 aromatic rings. The summed E-state index contributed by atoms with van der Waals surface area (Å²) < 4.78 is 11.7. The van der Waals surface area contributed by atoms with Gasteiger partial charge in [0.05, 0.1) is 6.61 Å². The van der Waals surface area contributed by atoms with E-state index < -0.39 is 0 Å². The Balaban J connectivity index is 2.28. The Labute approximate surface area is 114 Å². The largest absolute Gasteiger partial charge is 0.460 e. The molecule has 4 heteroatoms. The molecule has 1 aromatic heterocycles. The minimum absolute atomic E-state index is 0.305. The summed E-state index contributed by atoms with van der Waals surface area (Å²) >= 11 is 3.41. The molecule has 0 fully saturated rings. The molecule has 0 bridgehead atoms. The Kier molecular flexibility index (Phi) is 4.07. The van der Waals surface area contributed by atoms with E-state index in [2.05, 4.69) is 22.9 Å². The van der Waals surface area contributed by atoms with Crippen molar-refractivity contribution in [1.29, 1.82) is 0 Å². The van der Waals surface area contributed by atoms with Gasteiger partial charge in [0.25, 0.3) is 0 Å². The normalized spacial score (nSPS) is 10.8.